The molecular weight excluding hydrogens is 354 g/mol. The topological polar surface area (TPSA) is 66.4 Å². The highest BCUT2D eigenvalue weighted by Gasteiger charge is 2.19. The van der Waals surface area contributed by atoms with Crippen molar-refractivity contribution in [2.45, 2.75) is 42.1 Å². The van der Waals surface area contributed by atoms with Crippen molar-refractivity contribution >= 4 is 21.8 Å². The molecule has 0 saturated carbocycles. The minimum atomic E-state index is -3.65. The van der Waals surface area contributed by atoms with Crippen molar-refractivity contribution in [3.05, 3.63) is 59.7 Å². The van der Waals surface area contributed by atoms with Crippen LogP contribution in [0.25, 0.3) is 0 Å². The number of thioether (sulfide) groups is 1. The van der Waals surface area contributed by atoms with E-state index in [2.05, 4.69) is 25.5 Å². The monoisotopic (exact) mass is 379 g/mol. The molecule has 1 atom stereocenters. The molecule has 4 nitrogen and oxygen atoms in total. The number of aliphatic hydroxyl groups excluding tert-OH is 1. The maximum Gasteiger partial charge on any atom is 0.240 e. The summed E-state index contributed by atoms with van der Waals surface area (Å²) in [7, 11) is -3.65. The van der Waals surface area contributed by atoms with Crippen molar-refractivity contribution in [2.75, 3.05) is 12.8 Å². The van der Waals surface area contributed by atoms with Crippen molar-refractivity contribution in [3.63, 3.8) is 0 Å². The lowest BCUT2D eigenvalue weighted by Crippen LogP contribution is -2.28. The predicted molar refractivity (Wildman–Crippen MR) is 104 cm³/mol. The van der Waals surface area contributed by atoms with Gasteiger partial charge in [-0.1, -0.05) is 45.0 Å². The third-order valence-electron chi connectivity index (χ3n) is 4.00. The third-order valence-corrected chi connectivity index (χ3v) is 6.18. The molecule has 0 amide bonds. The summed E-state index contributed by atoms with van der Waals surface area (Å²) in [5.41, 5.74) is 1.72. The summed E-state index contributed by atoms with van der Waals surface area (Å²) in [6, 6.07) is 14.3. The van der Waals surface area contributed by atoms with Gasteiger partial charge in [-0.15, -0.1) is 11.8 Å². The lowest BCUT2D eigenvalue weighted by atomic mass is 9.87. The molecule has 136 valence electrons. The van der Waals surface area contributed by atoms with Gasteiger partial charge in [-0.25, -0.2) is 13.1 Å². The van der Waals surface area contributed by atoms with Crippen LogP contribution in [0.4, 0.5) is 0 Å². The third kappa shape index (κ3) is 5.31. The van der Waals surface area contributed by atoms with Gasteiger partial charge >= 0.3 is 0 Å². The number of benzene rings is 2. The second kappa shape index (κ2) is 7.91. The highest BCUT2D eigenvalue weighted by Crippen LogP contribution is 2.24. The van der Waals surface area contributed by atoms with E-state index < -0.39 is 16.1 Å². The van der Waals surface area contributed by atoms with Crippen molar-refractivity contribution in [2.24, 2.45) is 0 Å². The Bertz CT molecular complexity index is 792. The van der Waals surface area contributed by atoms with Crippen LogP contribution < -0.4 is 4.72 Å². The fourth-order valence-corrected chi connectivity index (χ4v) is 3.80. The van der Waals surface area contributed by atoms with Crippen LogP contribution in [-0.4, -0.2) is 26.3 Å². The Hall–Kier alpha value is -1.34. The smallest absolute Gasteiger partial charge is 0.240 e. The van der Waals surface area contributed by atoms with Gasteiger partial charge in [-0.3, -0.25) is 0 Å². The van der Waals surface area contributed by atoms with Crippen molar-refractivity contribution in [3.8, 4) is 0 Å². The van der Waals surface area contributed by atoms with E-state index in [0.29, 0.717) is 5.56 Å². The summed E-state index contributed by atoms with van der Waals surface area (Å²) in [6.07, 6.45) is 1.09. The summed E-state index contributed by atoms with van der Waals surface area (Å²) in [6.45, 7) is 6.16. The molecule has 0 aliphatic rings. The van der Waals surface area contributed by atoms with Gasteiger partial charge in [0.25, 0.3) is 0 Å². The molecule has 0 radical (unpaired) electrons. The summed E-state index contributed by atoms with van der Waals surface area (Å²) >= 11 is 1.61. The number of nitrogens with one attached hydrogen (secondary N) is 1. The van der Waals surface area contributed by atoms with Crippen LogP contribution in [0, 0.1) is 0 Å². The van der Waals surface area contributed by atoms with Crippen LogP contribution in [0.3, 0.4) is 0 Å². The van der Waals surface area contributed by atoms with Gasteiger partial charge in [-0.05, 0) is 47.1 Å². The number of aliphatic hydroxyl groups is 1. The molecule has 6 heteroatoms. The lowest BCUT2D eigenvalue weighted by Gasteiger charge is -2.19. The Morgan fingerprint density at radius 2 is 1.60 bits per heavy atom. The average Bonchev–Trinajstić information content (AvgIpc) is 2.59. The molecule has 0 aromatic heterocycles. The lowest BCUT2D eigenvalue weighted by molar-refractivity contribution is 0.182. The number of hydrogen-bond acceptors (Lipinski definition) is 4. The Morgan fingerprint density at radius 3 is 2.08 bits per heavy atom. The van der Waals surface area contributed by atoms with E-state index in [4.69, 9.17) is 0 Å². The Morgan fingerprint density at radius 1 is 1.04 bits per heavy atom. The standard InChI is InChI=1S/C19H25NO3S2/c1-19(2,3)15-7-11-17(12-8-15)25(22,23)20-13-18(21)14-5-9-16(24-4)10-6-14/h5-12,18,20-21H,13H2,1-4H3/t18-/m1/s1. The zero-order valence-corrected chi connectivity index (χ0v) is 16.6. The SMILES string of the molecule is CSc1ccc([C@H](O)CNS(=O)(=O)c2ccc(C(C)(C)C)cc2)cc1. The highest BCUT2D eigenvalue weighted by molar-refractivity contribution is 7.98. The quantitative estimate of drug-likeness (QED) is 0.751. The maximum atomic E-state index is 12.4. The van der Waals surface area contributed by atoms with Crippen LogP contribution in [0.2, 0.25) is 0 Å². The van der Waals surface area contributed by atoms with Gasteiger partial charge in [0.05, 0.1) is 11.0 Å². The van der Waals surface area contributed by atoms with Crippen LogP contribution in [0.5, 0.6) is 0 Å². The minimum absolute atomic E-state index is 0.0329. The molecule has 0 aliphatic carbocycles. The van der Waals surface area contributed by atoms with E-state index in [1.165, 1.54) is 0 Å². The summed E-state index contributed by atoms with van der Waals surface area (Å²) in [4.78, 5) is 1.29. The summed E-state index contributed by atoms with van der Waals surface area (Å²) in [5.74, 6) is 0. The van der Waals surface area contributed by atoms with Crippen LogP contribution in [-0.2, 0) is 15.4 Å². The maximum absolute atomic E-state index is 12.4. The van der Waals surface area contributed by atoms with E-state index >= 15 is 0 Å². The molecule has 0 heterocycles. The van der Waals surface area contributed by atoms with Gasteiger partial charge in [0.15, 0.2) is 0 Å². The molecule has 25 heavy (non-hydrogen) atoms. The van der Waals surface area contributed by atoms with Gasteiger partial charge in [0.2, 0.25) is 10.0 Å². The zero-order chi connectivity index (χ0) is 18.7. The second-order valence-electron chi connectivity index (χ2n) is 6.92. The molecule has 2 rings (SSSR count). The molecule has 0 unspecified atom stereocenters. The first kappa shape index (κ1) is 20.0. The molecule has 0 aliphatic heterocycles. The fourth-order valence-electron chi connectivity index (χ4n) is 2.35. The van der Waals surface area contributed by atoms with Crippen molar-refractivity contribution in [1.82, 2.24) is 4.72 Å². The van der Waals surface area contributed by atoms with Crippen LogP contribution in [0.1, 0.15) is 38.0 Å². The molecule has 2 aromatic carbocycles. The Balaban J connectivity index is 2.05. The molecule has 0 saturated heterocycles. The van der Waals surface area contributed by atoms with E-state index in [1.54, 1.807) is 23.9 Å². The van der Waals surface area contributed by atoms with Crippen molar-refractivity contribution < 1.29 is 13.5 Å². The van der Waals surface area contributed by atoms with E-state index in [-0.39, 0.29) is 16.9 Å². The number of rotatable bonds is 6. The van der Waals surface area contributed by atoms with Crippen LogP contribution >= 0.6 is 11.8 Å². The first-order valence-electron chi connectivity index (χ1n) is 8.06. The largest absolute Gasteiger partial charge is 0.387 e. The van der Waals surface area contributed by atoms with E-state index in [0.717, 1.165) is 10.5 Å². The number of sulfonamides is 1. The summed E-state index contributed by atoms with van der Waals surface area (Å²) in [5, 5.41) is 10.2. The van der Waals surface area contributed by atoms with E-state index in [9.17, 15) is 13.5 Å². The highest BCUT2D eigenvalue weighted by atomic mass is 32.2. The van der Waals surface area contributed by atoms with Crippen molar-refractivity contribution in [1.29, 1.82) is 0 Å². The molecule has 0 bridgehead atoms. The normalized spacial score (nSPS) is 13.6. The molecule has 0 spiro atoms. The van der Waals surface area contributed by atoms with Crippen LogP contribution in [0.15, 0.2) is 58.3 Å². The second-order valence-corrected chi connectivity index (χ2v) is 9.56. The molecule has 0 fully saturated rings. The minimum Gasteiger partial charge on any atom is -0.387 e. The zero-order valence-electron chi connectivity index (χ0n) is 15.0. The van der Waals surface area contributed by atoms with Gasteiger partial charge in [0.1, 0.15) is 0 Å². The van der Waals surface area contributed by atoms with Gasteiger partial charge < -0.3 is 5.11 Å². The summed E-state index contributed by atoms with van der Waals surface area (Å²) < 4.78 is 27.3. The van der Waals surface area contributed by atoms with E-state index in [1.807, 2.05) is 42.7 Å². The fraction of sp³-hybridized carbons (Fsp3) is 0.368. The molecule has 2 N–H and O–H groups in total. The number of hydrogen-bond donors (Lipinski definition) is 2. The predicted octanol–water partition coefficient (Wildman–Crippen LogP) is 3.72. The average molecular weight is 380 g/mol. The molecule has 2 aromatic rings. The first-order chi connectivity index (χ1) is 11.6. The van der Waals surface area contributed by atoms with Gasteiger partial charge in [0, 0.05) is 11.4 Å². The first-order valence-corrected chi connectivity index (χ1v) is 10.8. The Kier molecular flexibility index (Phi) is 6.32. The Labute approximate surface area is 154 Å². The van der Waals surface area contributed by atoms with Gasteiger partial charge in [-0.2, -0.15) is 0 Å². The molecular formula is C19H25NO3S2.